The Bertz CT molecular complexity index is 136. The highest BCUT2D eigenvalue weighted by Gasteiger charge is 2.27. The number of aliphatic hydroxyl groups is 1. The minimum Gasteiger partial charge on any atom is -0.479 e. The molecule has 5 heteroatoms. The van der Waals surface area contributed by atoms with Gasteiger partial charge in [-0.25, -0.2) is 4.79 Å². The molecular formula is C6H14N2O3. The smallest absolute Gasteiger partial charge is 0.338 e. The number of hydrogen-bond acceptors (Lipinski definition) is 4. The monoisotopic (exact) mass is 162 g/mol. The van der Waals surface area contributed by atoms with Gasteiger partial charge in [0.05, 0.1) is 0 Å². The number of carboxylic acid groups (broad SMARTS) is 1. The van der Waals surface area contributed by atoms with Crippen LogP contribution in [0.2, 0.25) is 0 Å². The molecule has 0 aliphatic carbocycles. The van der Waals surface area contributed by atoms with Crippen LogP contribution in [-0.4, -0.2) is 28.5 Å². The molecule has 0 aromatic rings. The van der Waals surface area contributed by atoms with E-state index in [9.17, 15) is 4.79 Å². The number of carbonyl (C=O) groups is 1. The lowest BCUT2D eigenvalue weighted by Gasteiger charge is -2.17. The average Bonchev–Trinajstić information content (AvgIpc) is 1.88. The van der Waals surface area contributed by atoms with Gasteiger partial charge in [0.25, 0.3) is 0 Å². The third-order valence-electron chi connectivity index (χ3n) is 1.40. The lowest BCUT2D eigenvalue weighted by atomic mass is 10.1. The molecule has 0 bridgehead atoms. The van der Waals surface area contributed by atoms with Crippen molar-refractivity contribution in [2.75, 3.05) is 6.61 Å². The van der Waals surface area contributed by atoms with E-state index in [1.165, 1.54) is 0 Å². The first kappa shape index (κ1) is 10.3. The topological polar surface area (TPSA) is 110 Å². The molecule has 0 aromatic carbocycles. The molecule has 6 N–H and O–H groups in total. The second kappa shape index (κ2) is 4.27. The normalized spacial score (nSPS) is 11.5. The van der Waals surface area contributed by atoms with Gasteiger partial charge < -0.3 is 21.7 Å². The molecule has 0 saturated carbocycles. The zero-order valence-corrected chi connectivity index (χ0v) is 6.29. The van der Waals surface area contributed by atoms with Crippen LogP contribution in [-0.2, 0) is 4.79 Å². The maximum absolute atomic E-state index is 10.3. The van der Waals surface area contributed by atoms with Gasteiger partial charge in [-0.2, -0.15) is 0 Å². The van der Waals surface area contributed by atoms with E-state index < -0.39 is 11.6 Å². The van der Waals surface area contributed by atoms with Crippen LogP contribution in [0, 0.1) is 0 Å². The van der Waals surface area contributed by atoms with Crippen molar-refractivity contribution in [2.24, 2.45) is 11.5 Å². The molecule has 0 unspecified atom stereocenters. The highest BCUT2D eigenvalue weighted by Crippen LogP contribution is 2.04. The van der Waals surface area contributed by atoms with E-state index >= 15 is 0 Å². The molecule has 0 radical (unpaired) electrons. The summed E-state index contributed by atoms with van der Waals surface area (Å²) >= 11 is 0. The van der Waals surface area contributed by atoms with E-state index in [0.29, 0.717) is 12.8 Å². The first-order valence-electron chi connectivity index (χ1n) is 3.42. The van der Waals surface area contributed by atoms with Gasteiger partial charge >= 0.3 is 5.97 Å². The van der Waals surface area contributed by atoms with Gasteiger partial charge in [-0.05, 0) is 19.3 Å². The summed E-state index contributed by atoms with van der Waals surface area (Å²) in [6.45, 7) is 0.0374. The number of carboxylic acids is 1. The van der Waals surface area contributed by atoms with Crippen molar-refractivity contribution in [1.29, 1.82) is 0 Å². The largest absolute Gasteiger partial charge is 0.479 e. The zero-order valence-electron chi connectivity index (χ0n) is 6.29. The first-order valence-corrected chi connectivity index (χ1v) is 3.42. The van der Waals surface area contributed by atoms with Crippen molar-refractivity contribution in [3.8, 4) is 0 Å². The third-order valence-corrected chi connectivity index (χ3v) is 1.40. The summed E-state index contributed by atoms with van der Waals surface area (Å²) in [6, 6.07) is 0. The van der Waals surface area contributed by atoms with Crippen LogP contribution < -0.4 is 11.5 Å². The predicted molar refractivity (Wildman–Crippen MR) is 39.7 cm³/mol. The molecule has 0 fully saturated rings. The van der Waals surface area contributed by atoms with Crippen molar-refractivity contribution in [3.05, 3.63) is 0 Å². The number of hydrogen-bond donors (Lipinski definition) is 4. The highest BCUT2D eigenvalue weighted by atomic mass is 16.4. The lowest BCUT2D eigenvalue weighted by Crippen LogP contribution is -2.56. The summed E-state index contributed by atoms with van der Waals surface area (Å²) in [6.07, 6.45) is 1.24. The average molecular weight is 162 g/mol. The number of unbranched alkanes of at least 4 members (excludes halogenated alkanes) is 1. The van der Waals surface area contributed by atoms with Crippen LogP contribution in [0.1, 0.15) is 19.3 Å². The Morgan fingerprint density at radius 1 is 1.36 bits per heavy atom. The van der Waals surface area contributed by atoms with Crippen LogP contribution in [0.3, 0.4) is 0 Å². The maximum Gasteiger partial charge on any atom is 0.338 e. The van der Waals surface area contributed by atoms with Gasteiger partial charge in [0.15, 0.2) is 5.66 Å². The molecular weight excluding hydrogens is 148 g/mol. The predicted octanol–water partition coefficient (Wildman–Crippen LogP) is -1.15. The van der Waals surface area contributed by atoms with Gasteiger partial charge in [-0.15, -0.1) is 0 Å². The van der Waals surface area contributed by atoms with Crippen molar-refractivity contribution in [1.82, 2.24) is 0 Å². The molecule has 0 saturated heterocycles. The van der Waals surface area contributed by atoms with Crippen LogP contribution >= 0.6 is 0 Å². The van der Waals surface area contributed by atoms with Gasteiger partial charge in [0.1, 0.15) is 0 Å². The highest BCUT2D eigenvalue weighted by molar-refractivity contribution is 5.77. The Morgan fingerprint density at radius 2 is 1.91 bits per heavy atom. The summed E-state index contributed by atoms with van der Waals surface area (Å²) in [5.41, 5.74) is 8.75. The zero-order chi connectivity index (χ0) is 8.91. The Kier molecular flexibility index (Phi) is 4.02. The molecule has 0 heterocycles. The standard InChI is InChI=1S/C6H14N2O3/c7-6(8,5(10)11)3-1-2-4-9/h9H,1-4,7-8H2,(H,10,11). The van der Waals surface area contributed by atoms with Crippen LogP contribution in [0.25, 0.3) is 0 Å². The Labute approximate surface area is 65.0 Å². The van der Waals surface area contributed by atoms with Crippen molar-refractivity contribution >= 4 is 5.97 Å². The summed E-state index contributed by atoms with van der Waals surface area (Å²) < 4.78 is 0. The van der Waals surface area contributed by atoms with E-state index in [1.54, 1.807) is 0 Å². The lowest BCUT2D eigenvalue weighted by molar-refractivity contribution is -0.143. The summed E-state index contributed by atoms with van der Waals surface area (Å²) in [5.74, 6) is -1.21. The van der Waals surface area contributed by atoms with Crippen LogP contribution in [0.4, 0.5) is 0 Å². The van der Waals surface area contributed by atoms with Crippen LogP contribution in [0.15, 0.2) is 0 Å². The van der Waals surface area contributed by atoms with E-state index in [0.717, 1.165) is 0 Å². The van der Waals surface area contributed by atoms with Crippen molar-refractivity contribution < 1.29 is 15.0 Å². The number of aliphatic hydroxyl groups excluding tert-OH is 1. The molecule has 0 aliphatic heterocycles. The molecule has 0 aliphatic rings. The number of rotatable bonds is 5. The second-order valence-electron chi connectivity index (χ2n) is 2.53. The summed E-state index contributed by atoms with van der Waals surface area (Å²) in [5, 5.41) is 16.8. The Morgan fingerprint density at radius 3 is 2.27 bits per heavy atom. The molecule has 66 valence electrons. The van der Waals surface area contributed by atoms with Crippen LogP contribution in [0.5, 0.6) is 0 Å². The molecule has 5 nitrogen and oxygen atoms in total. The fraction of sp³-hybridized carbons (Fsp3) is 0.833. The molecule has 0 aromatic heterocycles. The van der Waals surface area contributed by atoms with E-state index in [4.69, 9.17) is 21.7 Å². The number of aliphatic carboxylic acids is 1. The molecule has 0 rings (SSSR count). The first-order chi connectivity index (χ1) is 5.00. The molecule has 11 heavy (non-hydrogen) atoms. The molecule has 0 atom stereocenters. The third kappa shape index (κ3) is 3.92. The summed E-state index contributed by atoms with van der Waals surface area (Å²) in [4.78, 5) is 10.3. The van der Waals surface area contributed by atoms with Gasteiger partial charge in [0, 0.05) is 6.61 Å². The maximum atomic E-state index is 10.3. The molecule has 0 spiro atoms. The molecule has 0 amide bonds. The van der Waals surface area contributed by atoms with E-state index in [1.807, 2.05) is 0 Å². The fourth-order valence-electron chi connectivity index (χ4n) is 0.636. The van der Waals surface area contributed by atoms with Gasteiger partial charge in [-0.1, -0.05) is 0 Å². The van der Waals surface area contributed by atoms with Crippen molar-refractivity contribution in [2.45, 2.75) is 24.9 Å². The quantitative estimate of drug-likeness (QED) is 0.301. The number of nitrogens with two attached hydrogens (primary N) is 2. The minimum atomic E-state index is -1.64. The minimum absolute atomic E-state index is 0.0374. The van der Waals surface area contributed by atoms with Gasteiger partial charge in [0.2, 0.25) is 0 Å². The SMILES string of the molecule is NC(N)(CCCCO)C(=O)O. The fourth-order valence-corrected chi connectivity index (χ4v) is 0.636. The van der Waals surface area contributed by atoms with E-state index in [-0.39, 0.29) is 13.0 Å². The van der Waals surface area contributed by atoms with Crippen molar-refractivity contribution in [3.63, 3.8) is 0 Å². The van der Waals surface area contributed by atoms with E-state index in [2.05, 4.69) is 0 Å². The van der Waals surface area contributed by atoms with Gasteiger partial charge in [-0.3, -0.25) is 0 Å². The second-order valence-corrected chi connectivity index (χ2v) is 2.53. The Balaban J connectivity index is 3.64. The Hall–Kier alpha value is -0.650. The summed E-state index contributed by atoms with van der Waals surface area (Å²) in [7, 11) is 0.